The van der Waals surface area contributed by atoms with Crippen molar-refractivity contribution < 1.29 is 14.3 Å². The number of pyridine rings is 1. The van der Waals surface area contributed by atoms with Crippen molar-refractivity contribution in [3.8, 4) is 27.7 Å². The number of nitrogens with zero attached hydrogens (tertiary/aromatic N) is 3. The molecule has 2 aromatic carbocycles. The summed E-state index contributed by atoms with van der Waals surface area (Å²) in [6.45, 7) is 7.37. The maximum absolute atomic E-state index is 13.3. The molecule has 0 spiro atoms. The Morgan fingerprint density at radius 2 is 1.89 bits per heavy atom. The molecule has 4 aromatic rings. The molecule has 5 rings (SSSR count). The summed E-state index contributed by atoms with van der Waals surface area (Å²) in [5.41, 5.74) is 4.68. The number of ether oxygens (including phenoxy) is 1. The van der Waals surface area contributed by atoms with Crippen LogP contribution in [0.1, 0.15) is 24.3 Å². The Hall–Kier alpha value is -4.04. The first kappa shape index (κ1) is 23.7. The molecule has 0 radical (unpaired) electrons. The maximum Gasteiger partial charge on any atom is 0.268 e. The van der Waals surface area contributed by atoms with Crippen LogP contribution in [0.15, 0.2) is 66.9 Å². The highest BCUT2D eigenvalue weighted by Crippen LogP contribution is 2.40. The largest absolute Gasteiger partial charge is 0.479 e. The summed E-state index contributed by atoms with van der Waals surface area (Å²) in [7, 11) is 0. The highest BCUT2D eigenvalue weighted by Gasteiger charge is 2.37. The molecule has 3 heterocycles. The molecular formula is C28H26N4O3S. The summed E-state index contributed by atoms with van der Waals surface area (Å²) < 4.78 is 5.89. The first-order chi connectivity index (χ1) is 17.3. The molecule has 1 aliphatic heterocycles. The van der Waals surface area contributed by atoms with Crippen LogP contribution in [-0.2, 0) is 9.59 Å². The molecule has 8 heteroatoms. The number of carbonyl (C=O) groups is 2. The average molecular weight is 499 g/mol. The van der Waals surface area contributed by atoms with Gasteiger partial charge in [0.2, 0.25) is 5.91 Å². The second-order valence-corrected chi connectivity index (χ2v) is 9.97. The third-order valence-corrected chi connectivity index (χ3v) is 7.22. The average Bonchev–Trinajstić information content (AvgIpc) is 3.27. The number of anilines is 2. The van der Waals surface area contributed by atoms with Gasteiger partial charge in [0.25, 0.3) is 5.91 Å². The monoisotopic (exact) mass is 498 g/mol. The molecule has 7 nitrogen and oxygen atoms in total. The molecular weight excluding hydrogens is 472 g/mol. The quantitative estimate of drug-likeness (QED) is 0.386. The highest BCUT2D eigenvalue weighted by molar-refractivity contribution is 7.15. The standard InChI is InChI=1S/C28H26N4O3S/c1-16-9-5-6-10-21(16)30-26(33)17(2)32-23-15-20(12-13-24(23)35-18(3)28(32)34)25-19(4)36-27(31-25)22-11-7-8-14-29-22/h5-15,17-18H,1-4H3,(H,30,33). The summed E-state index contributed by atoms with van der Waals surface area (Å²) in [5.74, 6) is 0.0147. The van der Waals surface area contributed by atoms with Gasteiger partial charge in [0, 0.05) is 22.3 Å². The van der Waals surface area contributed by atoms with Crippen LogP contribution in [0.2, 0.25) is 0 Å². The lowest BCUT2D eigenvalue weighted by atomic mass is 10.0. The number of nitrogens with one attached hydrogen (secondary N) is 1. The minimum Gasteiger partial charge on any atom is -0.479 e. The smallest absolute Gasteiger partial charge is 0.268 e. The predicted octanol–water partition coefficient (Wildman–Crippen LogP) is 5.63. The molecule has 0 saturated heterocycles. The number of hydrogen-bond donors (Lipinski definition) is 1. The molecule has 2 atom stereocenters. The van der Waals surface area contributed by atoms with Gasteiger partial charge in [-0.2, -0.15) is 0 Å². The van der Waals surface area contributed by atoms with Crippen LogP contribution in [0.25, 0.3) is 22.0 Å². The Labute approximate surface area is 213 Å². The number of hydrogen-bond acceptors (Lipinski definition) is 6. The molecule has 0 aliphatic carbocycles. The van der Waals surface area contributed by atoms with E-state index >= 15 is 0 Å². The Bertz CT molecular complexity index is 1450. The van der Waals surface area contributed by atoms with Crippen molar-refractivity contribution in [1.82, 2.24) is 9.97 Å². The van der Waals surface area contributed by atoms with Gasteiger partial charge in [-0.15, -0.1) is 11.3 Å². The summed E-state index contributed by atoms with van der Waals surface area (Å²) in [5, 5.41) is 3.78. The van der Waals surface area contributed by atoms with Gasteiger partial charge in [-0.05, 0) is 69.7 Å². The number of aromatic nitrogens is 2. The molecule has 2 unspecified atom stereocenters. The van der Waals surface area contributed by atoms with E-state index in [-0.39, 0.29) is 11.8 Å². The fraction of sp³-hybridized carbons (Fsp3) is 0.214. The number of thiazole rings is 1. The van der Waals surface area contributed by atoms with Crippen LogP contribution in [-0.4, -0.2) is 33.9 Å². The third-order valence-electron chi connectivity index (χ3n) is 6.23. The van der Waals surface area contributed by atoms with Gasteiger partial charge in [-0.3, -0.25) is 19.5 Å². The molecule has 0 fully saturated rings. The van der Waals surface area contributed by atoms with Crippen molar-refractivity contribution in [2.75, 3.05) is 10.2 Å². The molecule has 2 amide bonds. The molecule has 36 heavy (non-hydrogen) atoms. The van der Waals surface area contributed by atoms with Crippen molar-refractivity contribution in [3.05, 3.63) is 77.3 Å². The van der Waals surface area contributed by atoms with Crippen molar-refractivity contribution in [3.63, 3.8) is 0 Å². The molecule has 0 bridgehead atoms. The molecule has 1 aliphatic rings. The zero-order valence-corrected chi connectivity index (χ0v) is 21.3. The summed E-state index contributed by atoms with van der Waals surface area (Å²) >= 11 is 1.57. The maximum atomic E-state index is 13.3. The summed E-state index contributed by atoms with van der Waals surface area (Å²) in [4.78, 5) is 38.3. The van der Waals surface area contributed by atoms with E-state index in [4.69, 9.17) is 9.72 Å². The van der Waals surface area contributed by atoms with Gasteiger partial charge >= 0.3 is 0 Å². The number of aryl methyl sites for hydroxylation is 2. The van der Waals surface area contributed by atoms with Crippen LogP contribution in [0.3, 0.4) is 0 Å². The van der Waals surface area contributed by atoms with E-state index < -0.39 is 12.1 Å². The minimum atomic E-state index is -0.752. The highest BCUT2D eigenvalue weighted by atomic mass is 32.1. The second-order valence-electron chi connectivity index (χ2n) is 8.77. The van der Waals surface area contributed by atoms with Crippen LogP contribution in [0.4, 0.5) is 11.4 Å². The Morgan fingerprint density at radius 3 is 2.64 bits per heavy atom. The normalized spacial score (nSPS) is 15.7. The van der Waals surface area contributed by atoms with Crippen molar-refractivity contribution in [2.24, 2.45) is 0 Å². The summed E-state index contributed by atoms with van der Waals surface area (Å²) in [6.07, 6.45) is 1.05. The molecule has 1 N–H and O–H groups in total. The van der Waals surface area contributed by atoms with Gasteiger partial charge in [0.05, 0.1) is 17.1 Å². The number of amides is 2. The number of para-hydroxylation sites is 1. The number of fused-ring (bicyclic) bond motifs is 1. The van der Waals surface area contributed by atoms with Gasteiger partial charge in [0.15, 0.2) is 6.10 Å². The Morgan fingerprint density at radius 1 is 1.11 bits per heavy atom. The van der Waals surface area contributed by atoms with E-state index in [1.807, 2.05) is 74.5 Å². The first-order valence-corrected chi connectivity index (χ1v) is 12.5. The molecule has 182 valence electrons. The van der Waals surface area contributed by atoms with Gasteiger partial charge in [0.1, 0.15) is 16.8 Å². The lowest BCUT2D eigenvalue weighted by Crippen LogP contribution is -2.52. The van der Waals surface area contributed by atoms with E-state index in [0.29, 0.717) is 11.4 Å². The van der Waals surface area contributed by atoms with Gasteiger partial charge < -0.3 is 10.1 Å². The lowest BCUT2D eigenvalue weighted by Gasteiger charge is -2.36. The fourth-order valence-corrected chi connectivity index (χ4v) is 5.15. The Kier molecular flexibility index (Phi) is 6.28. The second kappa shape index (κ2) is 9.54. The minimum absolute atomic E-state index is 0.267. The third kappa shape index (κ3) is 4.35. The van der Waals surface area contributed by atoms with E-state index in [0.717, 1.165) is 38.1 Å². The van der Waals surface area contributed by atoms with E-state index in [1.165, 1.54) is 4.90 Å². The van der Waals surface area contributed by atoms with Gasteiger partial charge in [-0.25, -0.2) is 4.98 Å². The zero-order chi connectivity index (χ0) is 25.4. The zero-order valence-electron chi connectivity index (χ0n) is 20.5. The van der Waals surface area contributed by atoms with Crippen molar-refractivity contribution in [1.29, 1.82) is 0 Å². The predicted molar refractivity (Wildman–Crippen MR) is 142 cm³/mol. The molecule has 2 aromatic heterocycles. The van der Waals surface area contributed by atoms with Crippen LogP contribution < -0.4 is 15.0 Å². The summed E-state index contributed by atoms with van der Waals surface area (Å²) in [6, 6.07) is 18.2. The number of carbonyl (C=O) groups excluding carboxylic acids is 2. The fourth-order valence-electron chi connectivity index (χ4n) is 4.24. The number of benzene rings is 2. The van der Waals surface area contributed by atoms with E-state index in [2.05, 4.69) is 10.3 Å². The van der Waals surface area contributed by atoms with Crippen LogP contribution in [0, 0.1) is 13.8 Å². The van der Waals surface area contributed by atoms with Gasteiger partial charge in [-0.1, -0.05) is 24.3 Å². The van der Waals surface area contributed by atoms with Crippen LogP contribution >= 0.6 is 11.3 Å². The van der Waals surface area contributed by atoms with Crippen molar-refractivity contribution >= 4 is 34.5 Å². The van der Waals surface area contributed by atoms with Crippen molar-refractivity contribution in [2.45, 2.75) is 39.8 Å². The van der Waals surface area contributed by atoms with E-state index in [9.17, 15) is 9.59 Å². The topological polar surface area (TPSA) is 84.4 Å². The lowest BCUT2D eigenvalue weighted by molar-refractivity contribution is -0.128. The molecule has 0 saturated carbocycles. The number of rotatable bonds is 5. The van der Waals surface area contributed by atoms with Crippen LogP contribution in [0.5, 0.6) is 5.75 Å². The van der Waals surface area contributed by atoms with E-state index in [1.54, 1.807) is 31.4 Å². The first-order valence-electron chi connectivity index (χ1n) is 11.7. The Balaban J connectivity index is 1.51. The SMILES string of the molecule is Cc1ccccc1NC(=O)C(C)N1C(=O)C(C)Oc2ccc(-c3nc(-c4ccccn4)sc3C)cc21.